The molecule has 0 aliphatic carbocycles. The van der Waals surface area contributed by atoms with Gasteiger partial charge in [-0.2, -0.15) is 0 Å². The smallest absolute Gasteiger partial charge is 0.0540 e. The van der Waals surface area contributed by atoms with Gasteiger partial charge in [-0.05, 0) is 36.8 Å². The molecule has 2 nitrogen and oxygen atoms in total. The predicted molar refractivity (Wildman–Crippen MR) is 72.1 cm³/mol. The Morgan fingerprint density at radius 2 is 2.00 bits per heavy atom. The molecule has 2 rings (SSSR count). The third-order valence-corrected chi connectivity index (χ3v) is 3.24. The summed E-state index contributed by atoms with van der Waals surface area (Å²) in [6.07, 6.45) is 5.94. The Balaban J connectivity index is 1.91. The van der Waals surface area contributed by atoms with Crippen molar-refractivity contribution in [2.24, 2.45) is 0 Å². The Morgan fingerprint density at radius 3 is 2.82 bits per heavy atom. The van der Waals surface area contributed by atoms with E-state index in [0.717, 1.165) is 32.2 Å². The zero-order chi connectivity index (χ0) is 12.1. The lowest BCUT2D eigenvalue weighted by atomic mass is 10.1. The number of fused-ring (bicyclic) bond motifs is 1. The van der Waals surface area contributed by atoms with Crippen molar-refractivity contribution in [1.82, 2.24) is 4.57 Å². The quantitative estimate of drug-likeness (QED) is 0.807. The number of rotatable bonds is 6. The Morgan fingerprint density at radius 1 is 1.18 bits per heavy atom. The van der Waals surface area contributed by atoms with Crippen LogP contribution in [-0.4, -0.2) is 15.8 Å². The zero-order valence-electron chi connectivity index (χ0n) is 10.5. The van der Waals surface area contributed by atoms with Gasteiger partial charge in [0, 0.05) is 18.3 Å². The van der Waals surface area contributed by atoms with Crippen LogP contribution in [0.15, 0.2) is 36.5 Å². The van der Waals surface area contributed by atoms with Crippen LogP contribution in [-0.2, 0) is 6.54 Å². The molecule has 0 saturated heterocycles. The molecular formula is C15H21NO. The summed E-state index contributed by atoms with van der Waals surface area (Å²) in [5.41, 5.74) is 1.29. The van der Waals surface area contributed by atoms with E-state index in [1.54, 1.807) is 0 Å². The van der Waals surface area contributed by atoms with Gasteiger partial charge in [0.05, 0.1) is 6.10 Å². The molecule has 1 aromatic carbocycles. The first-order chi connectivity index (χ1) is 8.31. The molecule has 1 heterocycles. The summed E-state index contributed by atoms with van der Waals surface area (Å²) in [7, 11) is 0. The van der Waals surface area contributed by atoms with Crippen LogP contribution in [0.4, 0.5) is 0 Å². The van der Waals surface area contributed by atoms with E-state index in [2.05, 4.69) is 48.0 Å². The first-order valence-electron chi connectivity index (χ1n) is 6.53. The number of hydrogen-bond acceptors (Lipinski definition) is 1. The molecule has 0 spiro atoms. The Hall–Kier alpha value is -1.28. The Labute approximate surface area is 103 Å². The maximum atomic E-state index is 9.68. The number of nitrogens with zero attached hydrogens (tertiary/aromatic N) is 1. The molecule has 0 radical (unpaired) electrons. The summed E-state index contributed by atoms with van der Waals surface area (Å²) in [6, 6.07) is 10.6. The van der Waals surface area contributed by atoms with Gasteiger partial charge in [0.25, 0.3) is 0 Å². The van der Waals surface area contributed by atoms with Crippen LogP contribution in [0.1, 0.15) is 32.6 Å². The Kier molecular flexibility index (Phi) is 4.21. The van der Waals surface area contributed by atoms with E-state index >= 15 is 0 Å². The van der Waals surface area contributed by atoms with E-state index in [1.165, 1.54) is 10.9 Å². The molecule has 17 heavy (non-hydrogen) atoms. The molecule has 0 aliphatic rings. The van der Waals surface area contributed by atoms with Gasteiger partial charge >= 0.3 is 0 Å². The van der Waals surface area contributed by atoms with Crippen molar-refractivity contribution in [3.8, 4) is 0 Å². The van der Waals surface area contributed by atoms with E-state index in [1.807, 2.05) is 0 Å². The van der Waals surface area contributed by atoms with Crippen molar-refractivity contribution in [3.63, 3.8) is 0 Å². The van der Waals surface area contributed by atoms with Crippen molar-refractivity contribution < 1.29 is 5.11 Å². The maximum absolute atomic E-state index is 9.68. The van der Waals surface area contributed by atoms with Crippen molar-refractivity contribution in [2.45, 2.75) is 45.3 Å². The lowest BCUT2D eigenvalue weighted by Crippen LogP contribution is -2.07. The summed E-state index contributed by atoms with van der Waals surface area (Å²) >= 11 is 0. The van der Waals surface area contributed by atoms with Crippen LogP contribution < -0.4 is 0 Å². The number of hydrogen-bond donors (Lipinski definition) is 1. The van der Waals surface area contributed by atoms with E-state index in [-0.39, 0.29) is 6.10 Å². The maximum Gasteiger partial charge on any atom is 0.0540 e. The molecule has 2 heteroatoms. The van der Waals surface area contributed by atoms with Gasteiger partial charge in [-0.3, -0.25) is 0 Å². The minimum atomic E-state index is -0.123. The van der Waals surface area contributed by atoms with Gasteiger partial charge in [0.2, 0.25) is 0 Å². The van der Waals surface area contributed by atoms with Crippen LogP contribution in [0.3, 0.4) is 0 Å². The van der Waals surface area contributed by atoms with Crippen LogP contribution >= 0.6 is 0 Å². The second-order valence-electron chi connectivity index (χ2n) is 4.65. The highest BCUT2D eigenvalue weighted by Gasteiger charge is 2.03. The molecule has 1 unspecified atom stereocenters. The normalized spacial score (nSPS) is 13.1. The summed E-state index contributed by atoms with van der Waals surface area (Å²) in [5, 5.41) is 11.0. The molecule has 1 atom stereocenters. The van der Waals surface area contributed by atoms with Gasteiger partial charge < -0.3 is 9.67 Å². The topological polar surface area (TPSA) is 25.2 Å². The summed E-state index contributed by atoms with van der Waals surface area (Å²) in [5.74, 6) is 0. The van der Waals surface area contributed by atoms with Gasteiger partial charge in [0.15, 0.2) is 0 Å². The number of aliphatic hydroxyl groups excluding tert-OH is 1. The number of benzene rings is 1. The van der Waals surface area contributed by atoms with E-state index in [4.69, 9.17) is 0 Å². The predicted octanol–water partition coefficient (Wildman–Crippen LogP) is 3.58. The third kappa shape index (κ3) is 3.10. The molecule has 0 bridgehead atoms. The molecule has 1 aromatic heterocycles. The van der Waals surface area contributed by atoms with E-state index in [9.17, 15) is 5.11 Å². The highest BCUT2D eigenvalue weighted by molar-refractivity contribution is 5.79. The van der Waals surface area contributed by atoms with Crippen molar-refractivity contribution in [3.05, 3.63) is 36.5 Å². The van der Waals surface area contributed by atoms with Crippen molar-refractivity contribution in [1.29, 1.82) is 0 Å². The van der Waals surface area contributed by atoms with Gasteiger partial charge in [-0.15, -0.1) is 0 Å². The van der Waals surface area contributed by atoms with Crippen LogP contribution in [0, 0.1) is 0 Å². The monoisotopic (exact) mass is 231 g/mol. The lowest BCUT2D eigenvalue weighted by molar-refractivity contribution is 0.149. The average molecular weight is 231 g/mol. The van der Waals surface area contributed by atoms with Gasteiger partial charge in [0.1, 0.15) is 0 Å². The highest BCUT2D eigenvalue weighted by atomic mass is 16.3. The molecule has 92 valence electrons. The molecule has 0 aliphatic heterocycles. The number of aliphatic hydroxyl groups is 1. The molecule has 0 fully saturated rings. The zero-order valence-corrected chi connectivity index (χ0v) is 10.5. The number of para-hydroxylation sites is 1. The highest BCUT2D eigenvalue weighted by Crippen LogP contribution is 2.16. The van der Waals surface area contributed by atoms with Crippen molar-refractivity contribution >= 4 is 10.9 Å². The first-order valence-corrected chi connectivity index (χ1v) is 6.53. The van der Waals surface area contributed by atoms with Gasteiger partial charge in [-0.25, -0.2) is 0 Å². The third-order valence-electron chi connectivity index (χ3n) is 3.24. The number of aryl methyl sites for hydroxylation is 1. The summed E-state index contributed by atoms with van der Waals surface area (Å²) in [6.45, 7) is 3.11. The average Bonchev–Trinajstić information content (AvgIpc) is 2.73. The second-order valence-corrected chi connectivity index (χ2v) is 4.65. The van der Waals surface area contributed by atoms with Crippen molar-refractivity contribution in [2.75, 3.05) is 0 Å². The fraction of sp³-hybridized carbons (Fsp3) is 0.467. The number of aromatic nitrogens is 1. The molecule has 0 saturated carbocycles. The SMILES string of the molecule is CCCC(O)CCCn1ccc2ccccc21. The minimum absolute atomic E-state index is 0.123. The standard InChI is InChI=1S/C15H21NO/c1-2-6-14(17)8-5-11-16-12-10-13-7-3-4-9-15(13)16/h3-4,7,9-10,12,14,17H,2,5-6,8,11H2,1H3. The summed E-state index contributed by atoms with van der Waals surface area (Å²) < 4.78 is 2.27. The largest absolute Gasteiger partial charge is 0.393 e. The molecule has 0 amide bonds. The fourth-order valence-electron chi connectivity index (χ4n) is 2.31. The Bertz CT molecular complexity index is 461. The van der Waals surface area contributed by atoms with Crippen LogP contribution in [0.5, 0.6) is 0 Å². The molecule has 2 aromatic rings. The molecular weight excluding hydrogens is 210 g/mol. The minimum Gasteiger partial charge on any atom is -0.393 e. The lowest BCUT2D eigenvalue weighted by Gasteiger charge is -2.10. The van der Waals surface area contributed by atoms with Gasteiger partial charge in [-0.1, -0.05) is 31.5 Å². The van der Waals surface area contributed by atoms with E-state index in [0.29, 0.717) is 0 Å². The summed E-state index contributed by atoms with van der Waals surface area (Å²) in [4.78, 5) is 0. The second kappa shape index (κ2) is 5.87. The van der Waals surface area contributed by atoms with Crippen LogP contribution in [0.2, 0.25) is 0 Å². The fourth-order valence-corrected chi connectivity index (χ4v) is 2.31. The van der Waals surface area contributed by atoms with Crippen LogP contribution in [0.25, 0.3) is 10.9 Å². The first kappa shape index (κ1) is 12.2. The van der Waals surface area contributed by atoms with E-state index < -0.39 is 0 Å². The molecule has 1 N–H and O–H groups in total.